The van der Waals surface area contributed by atoms with Crippen LogP contribution in [0.4, 0.5) is 11.4 Å². The molecule has 1 saturated heterocycles. The van der Waals surface area contributed by atoms with Gasteiger partial charge in [-0.05, 0) is 43.5 Å². The topological polar surface area (TPSA) is 47.3 Å². The molecule has 0 saturated carbocycles. The van der Waals surface area contributed by atoms with E-state index in [1.807, 2.05) is 29.2 Å². The molecule has 24 heavy (non-hydrogen) atoms. The van der Waals surface area contributed by atoms with Gasteiger partial charge in [0.2, 0.25) is 5.91 Å². The van der Waals surface area contributed by atoms with Crippen LogP contribution in [0.5, 0.6) is 0 Å². The molecule has 4 rings (SSSR count). The maximum Gasteiger partial charge on any atom is 0.250 e. The monoisotopic (exact) mass is 317 g/mol. The van der Waals surface area contributed by atoms with Crippen LogP contribution in [0.25, 0.3) is 0 Å². The fourth-order valence-electron chi connectivity index (χ4n) is 3.82. The fourth-order valence-corrected chi connectivity index (χ4v) is 3.82. The highest BCUT2D eigenvalue weighted by molar-refractivity contribution is 6.06. The molecule has 0 spiro atoms. The summed E-state index contributed by atoms with van der Waals surface area (Å²) >= 11 is 0. The van der Waals surface area contributed by atoms with E-state index < -0.39 is 0 Å². The number of aryl methyl sites for hydroxylation is 1. The van der Waals surface area contributed by atoms with Gasteiger partial charge >= 0.3 is 0 Å². The Morgan fingerprint density at radius 2 is 2.08 bits per heavy atom. The molecule has 0 aliphatic carbocycles. The summed E-state index contributed by atoms with van der Waals surface area (Å²) in [5.41, 5.74) is 4.82. The summed E-state index contributed by atoms with van der Waals surface area (Å²) in [7, 11) is 0. The second-order valence-corrected chi connectivity index (χ2v) is 6.58. The number of carbonyl (C=O) groups is 1. The third kappa shape index (κ3) is 2.33. The average Bonchev–Trinajstić information content (AvgIpc) is 3.08. The molecule has 1 atom stereocenters. The summed E-state index contributed by atoms with van der Waals surface area (Å²) in [6.45, 7) is 3.52. The molecule has 4 nitrogen and oxygen atoms in total. The Kier molecular flexibility index (Phi) is 3.50. The molecule has 0 N–H and O–H groups in total. The quantitative estimate of drug-likeness (QED) is 0.853. The van der Waals surface area contributed by atoms with E-state index in [1.165, 1.54) is 5.56 Å². The second-order valence-electron chi connectivity index (χ2n) is 6.58. The van der Waals surface area contributed by atoms with E-state index in [0.29, 0.717) is 12.1 Å². The molecule has 1 amide bonds. The minimum atomic E-state index is -0.0600. The van der Waals surface area contributed by atoms with Crippen molar-refractivity contribution in [3.05, 3.63) is 59.2 Å². The Balaban J connectivity index is 1.79. The number of nitrogens with zero attached hydrogens (tertiary/aromatic N) is 3. The van der Waals surface area contributed by atoms with Crippen molar-refractivity contribution in [3.8, 4) is 6.07 Å². The Hall–Kier alpha value is -2.80. The lowest BCUT2D eigenvalue weighted by Gasteiger charge is -2.39. The minimum Gasteiger partial charge on any atom is -0.358 e. The van der Waals surface area contributed by atoms with Crippen LogP contribution >= 0.6 is 0 Å². The van der Waals surface area contributed by atoms with Gasteiger partial charge in [0, 0.05) is 6.54 Å². The van der Waals surface area contributed by atoms with Gasteiger partial charge < -0.3 is 9.80 Å². The molecule has 0 radical (unpaired) electrons. The number of benzene rings is 2. The molecule has 2 aliphatic rings. The van der Waals surface area contributed by atoms with Gasteiger partial charge in [0.1, 0.15) is 6.04 Å². The van der Waals surface area contributed by atoms with Gasteiger partial charge in [0.25, 0.3) is 0 Å². The molecule has 0 aromatic heterocycles. The maximum absolute atomic E-state index is 13.1. The van der Waals surface area contributed by atoms with Crippen molar-refractivity contribution in [2.45, 2.75) is 32.4 Å². The molecule has 1 fully saturated rings. The van der Waals surface area contributed by atoms with Crippen LogP contribution in [-0.4, -0.2) is 18.5 Å². The van der Waals surface area contributed by atoms with Crippen LogP contribution in [0.2, 0.25) is 0 Å². The molecule has 120 valence electrons. The summed E-state index contributed by atoms with van der Waals surface area (Å²) in [5, 5.41) is 9.24. The highest BCUT2D eigenvalue weighted by atomic mass is 16.2. The Labute approximate surface area is 141 Å². The summed E-state index contributed by atoms with van der Waals surface area (Å²) in [5.74, 6) is 0.150. The molecule has 2 aromatic rings. The van der Waals surface area contributed by atoms with Gasteiger partial charge in [0.05, 0.1) is 29.6 Å². The van der Waals surface area contributed by atoms with Crippen molar-refractivity contribution >= 4 is 17.3 Å². The lowest BCUT2D eigenvalue weighted by Crippen LogP contribution is -2.50. The van der Waals surface area contributed by atoms with Crippen LogP contribution in [-0.2, 0) is 11.3 Å². The molecule has 4 heteroatoms. The minimum absolute atomic E-state index is 0.0600. The van der Waals surface area contributed by atoms with Crippen molar-refractivity contribution < 1.29 is 4.79 Å². The first-order valence-electron chi connectivity index (χ1n) is 8.35. The van der Waals surface area contributed by atoms with Gasteiger partial charge in [-0.15, -0.1) is 0 Å². The molecule has 2 aromatic carbocycles. The highest BCUT2D eigenvalue weighted by Gasteiger charge is 2.40. The van der Waals surface area contributed by atoms with Crippen LogP contribution < -0.4 is 9.80 Å². The van der Waals surface area contributed by atoms with Crippen LogP contribution in [0, 0.1) is 18.3 Å². The molecular weight excluding hydrogens is 298 g/mol. The number of fused-ring (bicyclic) bond motifs is 3. The predicted octanol–water partition coefficient (Wildman–Crippen LogP) is 3.38. The summed E-state index contributed by atoms with van der Waals surface area (Å²) in [4.78, 5) is 17.1. The van der Waals surface area contributed by atoms with E-state index in [-0.39, 0.29) is 11.9 Å². The largest absolute Gasteiger partial charge is 0.358 e. The van der Waals surface area contributed by atoms with Crippen molar-refractivity contribution in [1.29, 1.82) is 5.26 Å². The van der Waals surface area contributed by atoms with Gasteiger partial charge in [-0.3, -0.25) is 4.79 Å². The standard InChI is InChI=1S/C20H19N3O/c1-14-4-2-5-16(10-14)13-23-19-11-15(12-21)7-8-17(19)22-9-3-6-18(22)20(23)24/h2,4-5,7-8,10-11,18H,3,6,9,13H2,1H3. The van der Waals surface area contributed by atoms with Gasteiger partial charge in [0.15, 0.2) is 0 Å². The number of amides is 1. The average molecular weight is 317 g/mol. The van der Waals surface area contributed by atoms with Crippen molar-refractivity contribution in [3.63, 3.8) is 0 Å². The molecule has 2 heterocycles. The van der Waals surface area contributed by atoms with E-state index in [4.69, 9.17) is 0 Å². The Bertz CT molecular complexity index is 852. The van der Waals surface area contributed by atoms with Crippen LogP contribution in [0.15, 0.2) is 42.5 Å². The lowest BCUT2D eigenvalue weighted by atomic mass is 10.0. The highest BCUT2D eigenvalue weighted by Crippen LogP contribution is 2.41. The third-order valence-corrected chi connectivity index (χ3v) is 4.93. The van der Waals surface area contributed by atoms with E-state index in [9.17, 15) is 10.1 Å². The molecular formula is C20H19N3O. The SMILES string of the molecule is Cc1cccc(CN2C(=O)C3CCCN3c3ccc(C#N)cc32)c1. The van der Waals surface area contributed by atoms with E-state index >= 15 is 0 Å². The van der Waals surface area contributed by atoms with Crippen molar-refractivity contribution in [2.24, 2.45) is 0 Å². The van der Waals surface area contributed by atoms with E-state index in [2.05, 4.69) is 36.1 Å². The summed E-state index contributed by atoms with van der Waals surface area (Å²) < 4.78 is 0. The summed E-state index contributed by atoms with van der Waals surface area (Å²) in [6.07, 6.45) is 1.94. The van der Waals surface area contributed by atoms with Gasteiger partial charge in [-0.25, -0.2) is 0 Å². The normalized spacial score (nSPS) is 19.0. The van der Waals surface area contributed by atoms with E-state index in [0.717, 1.165) is 36.3 Å². The molecule has 1 unspecified atom stereocenters. The second kappa shape index (κ2) is 5.68. The number of nitriles is 1. The number of hydrogen-bond acceptors (Lipinski definition) is 3. The number of carbonyl (C=O) groups excluding carboxylic acids is 1. The maximum atomic E-state index is 13.1. The van der Waals surface area contributed by atoms with Crippen LogP contribution in [0.1, 0.15) is 29.5 Å². The zero-order chi connectivity index (χ0) is 16.7. The van der Waals surface area contributed by atoms with Gasteiger partial charge in [-0.2, -0.15) is 5.26 Å². The molecule has 2 aliphatic heterocycles. The number of hydrogen-bond donors (Lipinski definition) is 0. The van der Waals surface area contributed by atoms with Crippen LogP contribution in [0.3, 0.4) is 0 Å². The van der Waals surface area contributed by atoms with Crippen molar-refractivity contribution in [2.75, 3.05) is 16.3 Å². The first-order chi connectivity index (χ1) is 11.7. The summed E-state index contributed by atoms with van der Waals surface area (Å²) in [6, 6.07) is 16.0. The first-order valence-corrected chi connectivity index (χ1v) is 8.35. The zero-order valence-electron chi connectivity index (χ0n) is 13.7. The Morgan fingerprint density at radius 1 is 1.21 bits per heavy atom. The number of rotatable bonds is 2. The van der Waals surface area contributed by atoms with Crippen molar-refractivity contribution in [1.82, 2.24) is 0 Å². The van der Waals surface area contributed by atoms with Gasteiger partial charge in [-0.1, -0.05) is 29.8 Å². The third-order valence-electron chi connectivity index (χ3n) is 4.93. The Morgan fingerprint density at radius 3 is 2.88 bits per heavy atom. The smallest absolute Gasteiger partial charge is 0.250 e. The molecule has 0 bridgehead atoms. The predicted molar refractivity (Wildman–Crippen MR) is 93.9 cm³/mol. The number of anilines is 2. The zero-order valence-corrected chi connectivity index (χ0v) is 13.7. The van der Waals surface area contributed by atoms with E-state index in [1.54, 1.807) is 0 Å². The first kappa shape index (κ1) is 14.8. The fraction of sp³-hybridized carbons (Fsp3) is 0.300. The lowest BCUT2D eigenvalue weighted by molar-refractivity contribution is -0.120.